The van der Waals surface area contributed by atoms with E-state index in [0.717, 1.165) is 29.9 Å². The quantitative estimate of drug-likeness (QED) is 0.453. The van der Waals surface area contributed by atoms with Gasteiger partial charge >= 0.3 is 6.18 Å². The molecule has 1 aromatic heterocycles. The third kappa shape index (κ3) is 6.25. The Hall–Kier alpha value is -3.59. The number of anilines is 2. The molecule has 0 spiro atoms. The van der Waals surface area contributed by atoms with Crippen LogP contribution in [0.5, 0.6) is 0 Å². The normalized spacial score (nSPS) is 20.2. The first-order valence-electron chi connectivity index (χ1n) is 12.9. The standard InChI is InChI=1S/C29H29F3N6OS/c1-18-26(36-25(40-18)10-8-19-16-34-27(33)23-6-4-3-5-22(19)23)28(39)35-21-9-7-20(24(15-21)29(30,31)32)17-38-13-11-37(2)12-14-38/h3-7,9,15-16,18,26H,11-14,17H2,1-2H3,(H2,33,34)(H,35,39). The number of aliphatic imine (C=N–C) groups is 1. The van der Waals surface area contributed by atoms with E-state index in [1.54, 1.807) is 6.20 Å². The molecule has 2 atom stereocenters. The van der Waals surface area contributed by atoms with E-state index in [0.29, 0.717) is 29.5 Å². The van der Waals surface area contributed by atoms with Crippen molar-refractivity contribution in [2.45, 2.75) is 30.9 Å². The minimum atomic E-state index is -4.54. The van der Waals surface area contributed by atoms with E-state index in [9.17, 15) is 18.0 Å². The highest BCUT2D eigenvalue weighted by molar-refractivity contribution is 8.15. The van der Waals surface area contributed by atoms with Gasteiger partial charge in [-0.2, -0.15) is 13.2 Å². The van der Waals surface area contributed by atoms with Crippen LogP contribution in [0.4, 0.5) is 24.7 Å². The van der Waals surface area contributed by atoms with Crippen LogP contribution in [0, 0.1) is 11.8 Å². The second-order valence-electron chi connectivity index (χ2n) is 9.99. The highest BCUT2D eigenvalue weighted by Crippen LogP contribution is 2.35. The van der Waals surface area contributed by atoms with Crippen molar-refractivity contribution in [3.8, 4) is 11.8 Å². The zero-order valence-corrected chi connectivity index (χ0v) is 22.9. The Bertz CT molecular complexity index is 1520. The Morgan fingerprint density at radius 1 is 1.12 bits per heavy atom. The molecule has 40 heavy (non-hydrogen) atoms. The molecule has 2 aromatic carbocycles. The number of halogens is 3. The van der Waals surface area contributed by atoms with Crippen molar-refractivity contribution < 1.29 is 18.0 Å². The number of benzene rings is 2. The molecule has 3 aromatic rings. The number of aromatic nitrogens is 1. The summed E-state index contributed by atoms with van der Waals surface area (Å²) in [5, 5.41) is 4.55. The van der Waals surface area contributed by atoms with Crippen molar-refractivity contribution in [1.82, 2.24) is 14.8 Å². The molecule has 208 valence electrons. The largest absolute Gasteiger partial charge is 0.416 e. The van der Waals surface area contributed by atoms with Gasteiger partial charge in [-0.3, -0.25) is 14.7 Å². The fraction of sp³-hybridized carbons (Fsp3) is 0.345. The highest BCUT2D eigenvalue weighted by atomic mass is 32.2. The zero-order valence-electron chi connectivity index (χ0n) is 22.1. The van der Waals surface area contributed by atoms with Gasteiger partial charge in [0.15, 0.2) is 0 Å². The molecule has 1 amide bonds. The molecule has 0 aliphatic carbocycles. The fourth-order valence-electron chi connectivity index (χ4n) is 4.79. The molecule has 1 fully saturated rings. The lowest BCUT2D eigenvalue weighted by Gasteiger charge is -2.33. The van der Waals surface area contributed by atoms with Gasteiger partial charge in [0.2, 0.25) is 5.91 Å². The predicted molar refractivity (Wildman–Crippen MR) is 154 cm³/mol. The summed E-state index contributed by atoms with van der Waals surface area (Å²) in [4.78, 5) is 25.9. The Balaban J connectivity index is 1.31. The molecule has 7 nitrogen and oxygen atoms in total. The van der Waals surface area contributed by atoms with Gasteiger partial charge in [-0.1, -0.05) is 54.9 Å². The smallest absolute Gasteiger partial charge is 0.383 e. The highest BCUT2D eigenvalue weighted by Gasteiger charge is 2.35. The van der Waals surface area contributed by atoms with Gasteiger partial charge in [-0.05, 0) is 30.7 Å². The lowest BCUT2D eigenvalue weighted by atomic mass is 10.0. The van der Waals surface area contributed by atoms with E-state index in [1.807, 2.05) is 43.1 Å². The number of carbonyl (C=O) groups excluding carboxylic acids is 1. The van der Waals surface area contributed by atoms with Crippen LogP contribution in [0.2, 0.25) is 0 Å². The van der Waals surface area contributed by atoms with Crippen molar-refractivity contribution in [3.05, 3.63) is 65.4 Å². The molecule has 3 heterocycles. The predicted octanol–water partition coefficient (Wildman–Crippen LogP) is 4.48. The molecule has 0 bridgehead atoms. The Morgan fingerprint density at radius 3 is 2.58 bits per heavy atom. The summed E-state index contributed by atoms with van der Waals surface area (Å²) in [6.07, 6.45) is -2.94. The SMILES string of the molecule is CC1SC(C#Cc2cnc(N)c3ccccc23)=NC1C(=O)Nc1ccc(CN2CCN(C)CC2)c(C(F)(F)F)c1. The van der Waals surface area contributed by atoms with Crippen molar-refractivity contribution in [1.29, 1.82) is 0 Å². The van der Waals surface area contributed by atoms with Gasteiger partial charge in [0.25, 0.3) is 0 Å². The van der Waals surface area contributed by atoms with Crippen molar-refractivity contribution in [3.63, 3.8) is 0 Å². The van der Waals surface area contributed by atoms with Gasteiger partial charge in [-0.15, -0.1) is 0 Å². The fourth-order valence-corrected chi connectivity index (χ4v) is 5.74. The maximum atomic E-state index is 13.9. The molecular formula is C29H29F3N6OS. The van der Waals surface area contributed by atoms with Gasteiger partial charge in [0.05, 0.1) is 11.1 Å². The van der Waals surface area contributed by atoms with Gasteiger partial charge in [-0.25, -0.2) is 4.98 Å². The minimum absolute atomic E-state index is 0.0887. The Labute approximate surface area is 235 Å². The minimum Gasteiger partial charge on any atom is -0.383 e. The molecule has 11 heteroatoms. The zero-order chi connectivity index (χ0) is 28.4. The Kier molecular flexibility index (Phi) is 8.03. The first-order valence-corrected chi connectivity index (χ1v) is 13.8. The number of alkyl halides is 3. The van der Waals surface area contributed by atoms with E-state index in [-0.39, 0.29) is 23.0 Å². The summed E-state index contributed by atoms with van der Waals surface area (Å²) in [6.45, 7) is 5.09. The summed E-state index contributed by atoms with van der Waals surface area (Å²) in [6, 6.07) is 10.7. The number of nitrogens with two attached hydrogens (primary N) is 1. The van der Waals surface area contributed by atoms with Crippen molar-refractivity contribution in [2.24, 2.45) is 4.99 Å². The molecule has 5 rings (SSSR count). The average Bonchev–Trinajstić information content (AvgIpc) is 3.30. The third-order valence-electron chi connectivity index (χ3n) is 7.07. The van der Waals surface area contributed by atoms with Gasteiger partial charge in [0, 0.05) is 60.6 Å². The van der Waals surface area contributed by atoms with Crippen LogP contribution in [0.1, 0.15) is 23.6 Å². The molecule has 2 unspecified atom stereocenters. The molecular weight excluding hydrogens is 537 g/mol. The van der Waals surface area contributed by atoms with Crippen molar-refractivity contribution >= 4 is 45.0 Å². The number of nitrogens with one attached hydrogen (secondary N) is 1. The van der Waals surface area contributed by atoms with E-state index >= 15 is 0 Å². The number of hydrogen-bond acceptors (Lipinski definition) is 7. The number of carbonyl (C=O) groups is 1. The van der Waals surface area contributed by atoms with Crippen LogP contribution >= 0.6 is 11.8 Å². The number of nitrogen functional groups attached to an aromatic ring is 1. The van der Waals surface area contributed by atoms with Gasteiger partial charge in [0.1, 0.15) is 16.9 Å². The average molecular weight is 567 g/mol. The Morgan fingerprint density at radius 2 is 1.85 bits per heavy atom. The number of thioether (sulfide) groups is 1. The van der Waals surface area contributed by atoms with E-state index in [4.69, 9.17) is 5.73 Å². The second-order valence-corrected chi connectivity index (χ2v) is 11.4. The second kappa shape index (κ2) is 11.5. The summed E-state index contributed by atoms with van der Waals surface area (Å²) in [5.41, 5.74) is 6.20. The lowest BCUT2D eigenvalue weighted by Crippen LogP contribution is -2.44. The number of fused-ring (bicyclic) bond motifs is 1. The molecule has 0 saturated carbocycles. The molecule has 0 radical (unpaired) electrons. The number of amides is 1. The third-order valence-corrected chi connectivity index (χ3v) is 8.13. The number of piperazine rings is 1. The van der Waals surface area contributed by atoms with Crippen LogP contribution in [0.15, 0.2) is 53.7 Å². The molecule has 2 aliphatic rings. The summed E-state index contributed by atoms with van der Waals surface area (Å²) >= 11 is 1.35. The first kappa shape index (κ1) is 28.0. The number of nitrogens with zero attached hydrogens (tertiary/aromatic N) is 4. The van der Waals surface area contributed by atoms with Crippen molar-refractivity contribution in [2.75, 3.05) is 44.3 Å². The molecule has 1 saturated heterocycles. The van der Waals surface area contributed by atoms with Crippen LogP contribution in [-0.2, 0) is 17.5 Å². The number of pyridine rings is 1. The van der Waals surface area contributed by atoms with Crippen LogP contribution < -0.4 is 11.1 Å². The monoisotopic (exact) mass is 566 g/mol. The number of hydrogen-bond donors (Lipinski definition) is 2. The van der Waals surface area contributed by atoms with E-state index < -0.39 is 23.7 Å². The number of likely N-dealkylation sites (N-methyl/N-ethyl adjacent to an activating group) is 1. The van der Waals surface area contributed by atoms with E-state index in [2.05, 4.69) is 32.0 Å². The molecule has 3 N–H and O–H groups in total. The maximum Gasteiger partial charge on any atom is 0.416 e. The lowest BCUT2D eigenvalue weighted by molar-refractivity contribution is -0.138. The van der Waals surface area contributed by atoms with E-state index in [1.165, 1.54) is 23.9 Å². The molecule has 2 aliphatic heterocycles. The summed E-state index contributed by atoms with van der Waals surface area (Å²) < 4.78 is 41.8. The number of rotatable bonds is 4. The topological polar surface area (TPSA) is 86.8 Å². The van der Waals surface area contributed by atoms with Gasteiger partial charge < -0.3 is 16.0 Å². The van der Waals surface area contributed by atoms with Crippen LogP contribution in [0.3, 0.4) is 0 Å². The van der Waals surface area contributed by atoms with Crippen LogP contribution in [-0.4, -0.2) is 70.3 Å². The van der Waals surface area contributed by atoms with Crippen LogP contribution in [0.25, 0.3) is 10.8 Å². The summed E-state index contributed by atoms with van der Waals surface area (Å²) in [5.74, 6) is 6.02. The summed E-state index contributed by atoms with van der Waals surface area (Å²) in [7, 11) is 2.00. The first-order chi connectivity index (χ1) is 19.1. The maximum absolute atomic E-state index is 13.9.